The molecule has 0 fully saturated rings. The lowest BCUT2D eigenvalue weighted by atomic mass is 10.2. The first-order valence-corrected chi connectivity index (χ1v) is 5.36. The summed E-state index contributed by atoms with van der Waals surface area (Å²) >= 11 is 0. The predicted molar refractivity (Wildman–Crippen MR) is 66.9 cm³/mol. The van der Waals surface area contributed by atoms with Gasteiger partial charge in [0.15, 0.2) is 0 Å². The molecule has 0 aliphatic rings. The van der Waals surface area contributed by atoms with Gasteiger partial charge in [0.1, 0.15) is 11.5 Å². The monoisotopic (exact) mass is 250 g/mol. The number of benzene rings is 1. The first-order chi connectivity index (χ1) is 8.40. The van der Waals surface area contributed by atoms with Crippen molar-refractivity contribution in [2.45, 2.75) is 6.92 Å². The highest BCUT2D eigenvalue weighted by Gasteiger charge is 2.12. The van der Waals surface area contributed by atoms with Crippen LogP contribution in [0.3, 0.4) is 0 Å². The van der Waals surface area contributed by atoms with Gasteiger partial charge in [0.2, 0.25) is 5.91 Å². The van der Waals surface area contributed by atoms with E-state index in [2.05, 4.69) is 5.32 Å². The molecule has 2 amide bonds. The van der Waals surface area contributed by atoms with Crippen LogP contribution >= 0.6 is 0 Å². The van der Waals surface area contributed by atoms with Crippen LogP contribution in [0.15, 0.2) is 30.0 Å². The van der Waals surface area contributed by atoms with E-state index in [-0.39, 0.29) is 23.3 Å². The van der Waals surface area contributed by atoms with Crippen LogP contribution in [-0.4, -0.2) is 30.8 Å². The zero-order valence-electron chi connectivity index (χ0n) is 10.5. The molecule has 0 aromatic heterocycles. The molecule has 0 heterocycles. The molecular formula is C13H15FN2O2. The summed E-state index contributed by atoms with van der Waals surface area (Å²) in [5.41, 5.74) is 0.787. The summed E-state index contributed by atoms with van der Waals surface area (Å²) in [6.07, 6.45) is 1.50. The fraction of sp³-hybridized carbons (Fsp3) is 0.231. The van der Waals surface area contributed by atoms with Gasteiger partial charge in [-0.2, -0.15) is 0 Å². The number of amides is 2. The zero-order valence-corrected chi connectivity index (χ0v) is 10.5. The van der Waals surface area contributed by atoms with E-state index >= 15 is 0 Å². The van der Waals surface area contributed by atoms with Crippen molar-refractivity contribution in [1.29, 1.82) is 0 Å². The molecule has 4 nitrogen and oxygen atoms in total. The average molecular weight is 250 g/mol. The molecule has 0 saturated carbocycles. The van der Waals surface area contributed by atoms with E-state index in [1.165, 1.54) is 42.2 Å². The van der Waals surface area contributed by atoms with Crippen molar-refractivity contribution in [3.05, 3.63) is 41.3 Å². The van der Waals surface area contributed by atoms with Crippen molar-refractivity contribution >= 4 is 17.9 Å². The minimum Gasteiger partial charge on any atom is -0.344 e. The molecule has 18 heavy (non-hydrogen) atoms. The minimum absolute atomic E-state index is 0.152. The van der Waals surface area contributed by atoms with Gasteiger partial charge in [-0.3, -0.25) is 9.59 Å². The fourth-order valence-corrected chi connectivity index (χ4v) is 1.31. The van der Waals surface area contributed by atoms with E-state index in [9.17, 15) is 14.0 Å². The molecular weight excluding hydrogens is 235 g/mol. The third kappa shape index (κ3) is 4.01. The summed E-state index contributed by atoms with van der Waals surface area (Å²) < 4.78 is 12.8. The molecule has 0 saturated heterocycles. The number of nitrogens with one attached hydrogen (secondary N) is 1. The molecule has 96 valence electrons. The molecule has 0 radical (unpaired) electrons. The van der Waals surface area contributed by atoms with Crippen LogP contribution in [-0.2, 0) is 9.59 Å². The van der Waals surface area contributed by atoms with Gasteiger partial charge < -0.3 is 10.2 Å². The van der Waals surface area contributed by atoms with Gasteiger partial charge in [-0.25, -0.2) is 4.39 Å². The van der Waals surface area contributed by atoms with Crippen LogP contribution < -0.4 is 5.32 Å². The predicted octanol–water partition coefficient (Wildman–Crippen LogP) is 1.39. The lowest BCUT2D eigenvalue weighted by molar-refractivity contribution is -0.127. The second-order valence-corrected chi connectivity index (χ2v) is 3.99. The van der Waals surface area contributed by atoms with Crippen molar-refractivity contribution in [1.82, 2.24) is 10.2 Å². The Bertz CT molecular complexity index is 478. The first-order valence-electron chi connectivity index (χ1n) is 5.36. The van der Waals surface area contributed by atoms with Crippen LogP contribution in [0.5, 0.6) is 0 Å². The fourth-order valence-electron chi connectivity index (χ4n) is 1.31. The number of rotatable bonds is 3. The number of hydrogen-bond donors (Lipinski definition) is 1. The van der Waals surface area contributed by atoms with Gasteiger partial charge in [0, 0.05) is 21.0 Å². The van der Waals surface area contributed by atoms with Gasteiger partial charge in [-0.05, 0) is 23.8 Å². The second-order valence-electron chi connectivity index (χ2n) is 3.99. The first kappa shape index (κ1) is 13.9. The minimum atomic E-state index is -0.354. The Hall–Kier alpha value is -2.17. The van der Waals surface area contributed by atoms with Crippen LogP contribution in [0, 0.1) is 5.82 Å². The van der Waals surface area contributed by atoms with Crippen molar-refractivity contribution in [2.24, 2.45) is 0 Å². The highest BCUT2D eigenvalue weighted by Crippen LogP contribution is 2.08. The third-order valence-corrected chi connectivity index (χ3v) is 2.13. The Morgan fingerprint density at radius 2 is 1.78 bits per heavy atom. The van der Waals surface area contributed by atoms with Crippen molar-refractivity contribution < 1.29 is 14.0 Å². The van der Waals surface area contributed by atoms with Crippen LogP contribution in [0.2, 0.25) is 0 Å². The summed E-state index contributed by atoms with van der Waals surface area (Å²) in [6, 6.07) is 5.63. The van der Waals surface area contributed by atoms with Crippen LogP contribution in [0.25, 0.3) is 6.08 Å². The molecule has 0 aliphatic heterocycles. The van der Waals surface area contributed by atoms with Crippen molar-refractivity contribution in [2.75, 3.05) is 14.1 Å². The quantitative estimate of drug-likeness (QED) is 0.824. The molecule has 0 spiro atoms. The molecule has 1 rings (SSSR count). The molecule has 5 heteroatoms. The summed E-state index contributed by atoms with van der Waals surface area (Å²) in [6.45, 7) is 1.32. The van der Waals surface area contributed by atoms with Crippen molar-refractivity contribution in [3.63, 3.8) is 0 Å². The van der Waals surface area contributed by atoms with E-state index in [1.807, 2.05) is 0 Å². The summed E-state index contributed by atoms with van der Waals surface area (Å²) in [4.78, 5) is 24.2. The number of carbonyl (C=O) groups is 2. The molecule has 1 N–H and O–H groups in total. The van der Waals surface area contributed by atoms with Gasteiger partial charge in [-0.15, -0.1) is 0 Å². The summed E-state index contributed by atoms with van der Waals surface area (Å²) in [5, 5.41) is 2.46. The number of halogens is 1. The maximum absolute atomic E-state index is 12.8. The normalized spacial score (nSPS) is 11.0. The Morgan fingerprint density at radius 1 is 1.22 bits per heavy atom. The Kier molecular flexibility index (Phi) is 4.59. The summed E-state index contributed by atoms with van der Waals surface area (Å²) in [7, 11) is 3.17. The van der Waals surface area contributed by atoms with E-state index in [0.717, 1.165) is 0 Å². The molecule has 1 aromatic rings. The van der Waals surface area contributed by atoms with E-state index in [0.29, 0.717) is 5.56 Å². The second kappa shape index (κ2) is 5.95. The Morgan fingerprint density at radius 3 is 2.22 bits per heavy atom. The molecule has 0 aliphatic carbocycles. The number of carbonyl (C=O) groups excluding carboxylic acids is 2. The average Bonchev–Trinajstić information content (AvgIpc) is 2.29. The third-order valence-electron chi connectivity index (χ3n) is 2.13. The highest BCUT2D eigenvalue weighted by atomic mass is 19.1. The lowest BCUT2D eigenvalue weighted by Crippen LogP contribution is -2.33. The van der Waals surface area contributed by atoms with E-state index < -0.39 is 0 Å². The van der Waals surface area contributed by atoms with Crippen molar-refractivity contribution in [3.8, 4) is 0 Å². The van der Waals surface area contributed by atoms with Gasteiger partial charge in [-0.1, -0.05) is 12.1 Å². The highest BCUT2D eigenvalue weighted by molar-refractivity contribution is 6.00. The maximum Gasteiger partial charge on any atom is 0.269 e. The molecule has 0 unspecified atom stereocenters. The number of hydrogen-bond acceptors (Lipinski definition) is 2. The van der Waals surface area contributed by atoms with Gasteiger partial charge in [0.25, 0.3) is 5.91 Å². The Balaban J connectivity index is 3.05. The van der Waals surface area contributed by atoms with Crippen LogP contribution in [0.1, 0.15) is 12.5 Å². The molecule has 0 bridgehead atoms. The van der Waals surface area contributed by atoms with Crippen LogP contribution in [0.4, 0.5) is 4.39 Å². The smallest absolute Gasteiger partial charge is 0.269 e. The van der Waals surface area contributed by atoms with Gasteiger partial charge in [0.05, 0.1) is 0 Å². The standard InChI is InChI=1S/C13H15FN2O2/c1-9(17)15-12(13(18)16(2)3)8-10-4-6-11(14)7-5-10/h4-8H,1-3H3,(H,15,17)/b12-8-. The SMILES string of the molecule is CC(=O)N/C(=C\c1ccc(F)cc1)C(=O)N(C)C. The topological polar surface area (TPSA) is 49.4 Å². The van der Waals surface area contributed by atoms with Gasteiger partial charge >= 0.3 is 0 Å². The number of likely N-dealkylation sites (N-methyl/N-ethyl adjacent to an activating group) is 1. The lowest BCUT2D eigenvalue weighted by Gasteiger charge is -2.13. The molecule has 1 aromatic carbocycles. The zero-order chi connectivity index (χ0) is 13.7. The largest absolute Gasteiger partial charge is 0.344 e. The van der Waals surface area contributed by atoms with E-state index in [1.54, 1.807) is 14.1 Å². The van der Waals surface area contributed by atoms with E-state index in [4.69, 9.17) is 0 Å². The summed E-state index contributed by atoms with van der Waals surface area (Å²) in [5.74, 6) is -1.01. The maximum atomic E-state index is 12.8. The molecule has 0 atom stereocenters. The Labute approximate surface area is 105 Å². The number of nitrogens with zero attached hydrogens (tertiary/aromatic N) is 1.